The second-order valence-corrected chi connectivity index (χ2v) is 5.30. The van der Waals surface area contributed by atoms with Gasteiger partial charge in [-0.05, 0) is 30.9 Å². The average Bonchev–Trinajstić information content (AvgIpc) is 2.54. The number of halogens is 1. The van der Waals surface area contributed by atoms with Gasteiger partial charge in [0.15, 0.2) is 0 Å². The van der Waals surface area contributed by atoms with Crippen LogP contribution in [0.5, 0.6) is 0 Å². The summed E-state index contributed by atoms with van der Waals surface area (Å²) in [5.74, 6) is 1.11. The number of rotatable bonds is 3. The molecule has 0 unspecified atom stereocenters. The van der Waals surface area contributed by atoms with Crippen LogP contribution in [0.25, 0.3) is 11.0 Å². The van der Waals surface area contributed by atoms with Crippen LogP contribution in [-0.2, 0) is 6.54 Å². The molecule has 1 heterocycles. The van der Waals surface area contributed by atoms with Gasteiger partial charge in [-0.15, -0.1) is 0 Å². The molecule has 96 valence electrons. The molecule has 4 heteroatoms. The van der Waals surface area contributed by atoms with Gasteiger partial charge in [0.05, 0.1) is 11.0 Å². The lowest BCUT2D eigenvalue weighted by atomic mass is 9.83. The van der Waals surface area contributed by atoms with Crippen molar-refractivity contribution in [1.82, 2.24) is 9.55 Å². The van der Waals surface area contributed by atoms with Gasteiger partial charge in [0, 0.05) is 12.6 Å². The maximum absolute atomic E-state index is 13.5. The molecule has 1 saturated carbocycles. The van der Waals surface area contributed by atoms with Crippen molar-refractivity contribution in [1.29, 1.82) is 0 Å². The molecule has 1 fully saturated rings. The van der Waals surface area contributed by atoms with E-state index < -0.39 is 0 Å². The van der Waals surface area contributed by atoms with E-state index in [9.17, 15) is 4.39 Å². The summed E-state index contributed by atoms with van der Waals surface area (Å²) in [7, 11) is 0. The van der Waals surface area contributed by atoms with Crippen LogP contribution in [0.2, 0.25) is 0 Å². The molecule has 3 nitrogen and oxygen atoms in total. The molecule has 1 aliphatic rings. The molecule has 1 aliphatic carbocycles. The van der Waals surface area contributed by atoms with Crippen LogP contribution in [0.1, 0.15) is 31.2 Å². The van der Waals surface area contributed by atoms with Crippen molar-refractivity contribution in [2.45, 2.75) is 39.2 Å². The lowest BCUT2D eigenvalue weighted by molar-refractivity contribution is 0.284. The zero-order valence-corrected chi connectivity index (χ0v) is 10.6. The number of nitrogens with two attached hydrogens (primary N) is 1. The first-order valence-electron chi connectivity index (χ1n) is 6.57. The van der Waals surface area contributed by atoms with Gasteiger partial charge in [0.1, 0.15) is 5.82 Å². The highest BCUT2D eigenvalue weighted by molar-refractivity contribution is 5.79. The molecular formula is C14H18FN3. The molecule has 1 aromatic carbocycles. The summed E-state index contributed by atoms with van der Waals surface area (Å²) >= 11 is 0. The summed E-state index contributed by atoms with van der Waals surface area (Å²) in [6.07, 6.45) is 5.17. The molecule has 0 bridgehead atoms. The monoisotopic (exact) mass is 247 g/mol. The van der Waals surface area contributed by atoms with Crippen molar-refractivity contribution in [3.8, 4) is 0 Å². The molecule has 1 aromatic heterocycles. The number of aromatic nitrogens is 2. The van der Waals surface area contributed by atoms with Gasteiger partial charge in [-0.1, -0.05) is 19.3 Å². The zero-order chi connectivity index (χ0) is 12.7. The predicted octanol–water partition coefficient (Wildman–Crippen LogP) is 3.26. The summed E-state index contributed by atoms with van der Waals surface area (Å²) in [5.41, 5.74) is 8.18. The Morgan fingerprint density at radius 1 is 1.44 bits per heavy atom. The third-order valence-electron chi connectivity index (χ3n) is 4.04. The first-order chi connectivity index (χ1) is 8.65. The zero-order valence-electron chi connectivity index (χ0n) is 10.6. The maximum Gasteiger partial charge on any atom is 0.201 e. The molecule has 2 aromatic rings. The van der Waals surface area contributed by atoms with Gasteiger partial charge in [-0.25, -0.2) is 9.37 Å². The second-order valence-electron chi connectivity index (χ2n) is 5.30. The third-order valence-corrected chi connectivity index (χ3v) is 4.04. The number of hydrogen-bond acceptors (Lipinski definition) is 2. The third kappa shape index (κ3) is 1.85. The molecule has 3 rings (SSSR count). The highest BCUT2D eigenvalue weighted by atomic mass is 19.1. The van der Waals surface area contributed by atoms with Crippen molar-refractivity contribution in [3.63, 3.8) is 0 Å². The lowest BCUT2D eigenvalue weighted by Gasteiger charge is -2.25. The normalized spacial score (nSPS) is 16.1. The van der Waals surface area contributed by atoms with Gasteiger partial charge in [0.25, 0.3) is 0 Å². The number of benzene rings is 1. The fourth-order valence-electron chi connectivity index (χ4n) is 2.60. The molecule has 0 radical (unpaired) electrons. The van der Waals surface area contributed by atoms with E-state index in [0.717, 1.165) is 24.4 Å². The molecule has 0 spiro atoms. The maximum atomic E-state index is 13.5. The predicted molar refractivity (Wildman–Crippen MR) is 70.8 cm³/mol. The molecule has 0 saturated heterocycles. The highest BCUT2D eigenvalue weighted by Gasteiger charge is 2.18. The fourth-order valence-corrected chi connectivity index (χ4v) is 2.60. The quantitative estimate of drug-likeness (QED) is 0.904. The Bertz CT molecular complexity index is 584. The number of nitrogen functional groups attached to an aromatic ring is 1. The minimum Gasteiger partial charge on any atom is -0.369 e. The lowest BCUT2D eigenvalue weighted by Crippen LogP contribution is -2.14. The second kappa shape index (κ2) is 4.26. The van der Waals surface area contributed by atoms with Gasteiger partial charge < -0.3 is 10.3 Å². The van der Waals surface area contributed by atoms with Crippen LogP contribution in [-0.4, -0.2) is 9.55 Å². The Hall–Kier alpha value is -1.58. The van der Waals surface area contributed by atoms with Crippen molar-refractivity contribution >= 4 is 17.0 Å². The van der Waals surface area contributed by atoms with E-state index in [1.165, 1.54) is 25.3 Å². The van der Waals surface area contributed by atoms with Crippen LogP contribution in [0.4, 0.5) is 10.3 Å². The van der Waals surface area contributed by atoms with E-state index in [2.05, 4.69) is 4.98 Å². The largest absolute Gasteiger partial charge is 0.369 e. The summed E-state index contributed by atoms with van der Waals surface area (Å²) in [6, 6.07) is 3.32. The van der Waals surface area contributed by atoms with E-state index in [0.29, 0.717) is 17.0 Å². The van der Waals surface area contributed by atoms with Crippen molar-refractivity contribution in [2.24, 2.45) is 5.92 Å². The molecule has 0 atom stereocenters. The van der Waals surface area contributed by atoms with Crippen LogP contribution in [0, 0.1) is 18.7 Å². The molecule has 18 heavy (non-hydrogen) atoms. The van der Waals surface area contributed by atoms with Crippen LogP contribution >= 0.6 is 0 Å². The Morgan fingerprint density at radius 2 is 2.22 bits per heavy atom. The molecular weight excluding hydrogens is 229 g/mol. The van der Waals surface area contributed by atoms with Gasteiger partial charge >= 0.3 is 0 Å². The van der Waals surface area contributed by atoms with E-state index in [1.54, 1.807) is 6.92 Å². The van der Waals surface area contributed by atoms with Gasteiger partial charge in [-0.3, -0.25) is 0 Å². The Balaban J connectivity index is 1.93. The fraction of sp³-hybridized carbons (Fsp3) is 0.500. The van der Waals surface area contributed by atoms with Crippen molar-refractivity contribution in [2.75, 3.05) is 5.73 Å². The van der Waals surface area contributed by atoms with Crippen LogP contribution in [0.15, 0.2) is 12.1 Å². The number of hydrogen-bond donors (Lipinski definition) is 1. The summed E-state index contributed by atoms with van der Waals surface area (Å²) in [5, 5.41) is 0. The average molecular weight is 247 g/mol. The first kappa shape index (κ1) is 11.5. The Kier molecular flexibility index (Phi) is 2.73. The Morgan fingerprint density at radius 3 is 2.89 bits per heavy atom. The standard InChI is InChI=1S/C14H18FN3/c1-9-7-13-12(8-11(9)15)17-14(16)18(13)6-5-10-3-2-4-10/h7-8,10H,2-6H2,1H3,(H2,16,17). The SMILES string of the molecule is Cc1cc2c(cc1F)nc(N)n2CCC1CCC1. The van der Waals surface area contributed by atoms with E-state index >= 15 is 0 Å². The van der Waals surface area contributed by atoms with Crippen molar-refractivity contribution < 1.29 is 4.39 Å². The number of nitrogens with zero attached hydrogens (tertiary/aromatic N) is 2. The topological polar surface area (TPSA) is 43.8 Å². The van der Waals surface area contributed by atoms with Crippen LogP contribution in [0.3, 0.4) is 0 Å². The van der Waals surface area contributed by atoms with E-state index in [1.807, 2.05) is 10.6 Å². The number of fused-ring (bicyclic) bond motifs is 1. The summed E-state index contributed by atoms with van der Waals surface area (Å²) in [6.45, 7) is 2.66. The van der Waals surface area contributed by atoms with E-state index in [4.69, 9.17) is 5.73 Å². The smallest absolute Gasteiger partial charge is 0.201 e. The first-order valence-corrected chi connectivity index (χ1v) is 6.57. The van der Waals surface area contributed by atoms with Gasteiger partial charge in [-0.2, -0.15) is 0 Å². The highest BCUT2D eigenvalue weighted by Crippen LogP contribution is 2.31. The van der Waals surface area contributed by atoms with E-state index in [-0.39, 0.29) is 5.82 Å². The van der Waals surface area contributed by atoms with Crippen molar-refractivity contribution in [3.05, 3.63) is 23.5 Å². The minimum atomic E-state index is -0.217. The minimum absolute atomic E-state index is 0.217. The summed E-state index contributed by atoms with van der Waals surface area (Å²) in [4.78, 5) is 4.24. The molecule has 0 amide bonds. The molecule has 0 aliphatic heterocycles. The summed E-state index contributed by atoms with van der Waals surface area (Å²) < 4.78 is 15.5. The Labute approximate surface area is 106 Å². The van der Waals surface area contributed by atoms with Gasteiger partial charge in [0.2, 0.25) is 5.95 Å². The number of imidazole rings is 1. The number of aryl methyl sites for hydroxylation is 2. The number of anilines is 1. The van der Waals surface area contributed by atoms with Crippen LogP contribution < -0.4 is 5.73 Å². The molecule has 2 N–H and O–H groups in total.